The molecule has 33 heavy (non-hydrogen) atoms. The Labute approximate surface area is 198 Å². The summed E-state index contributed by atoms with van der Waals surface area (Å²) in [6.45, 7) is 4.66. The van der Waals surface area contributed by atoms with E-state index >= 15 is 0 Å². The summed E-state index contributed by atoms with van der Waals surface area (Å²) in [6.07, 6.45) is 1.70. The summed E-state index contributed by atoms with van der Waals surface area (Å²) < 4.78 is 5.74. The van der Waals surface area contributed by atoms with Crippen LogP contribution in [0.4, 0.5) is 10.8 Å². The fourth-order valence-corrected chi connectivity index (χ4v) is 4.91. The molecule has 2 aromatic heterocycles. The van der Waals surface area contributed by atoms with Crippen LogP contribution in [0, 0.1) is 19.8 Å². The van der Waals surface area contributed by atoms with Gasteiger partial charge in [-0.25, -0.2) is 0 Å². The predicted molar refractivity (Wildman–Crippen MR) is 126 cm³/mol. The van der Waals surface area contributed by atoms with E-state index in [1.165, 1.54) is 23.1 Å². The van der Waals surface area contributed by atoms with Gasteiger partial charge in [0.15, 0.2) is 4.34 Å². The summed E-state index contributed by atoms with van der Waals surface area (Å²) in [6, 6.07) is 9.39. The number of thioether (sulfide) groups is 1. The number of furan rings is 1. The van der Waals surface area contributed by atoms with E-state index in [0.717, 1.165) is 16.8 Å². The minimum Gasteiger partial charge on any atom is -0.467 e. The number of rotatable bonds is 8. The van der Waals surface area contributed by atoms with E-state index in [0.29, 0.717) is 28.3 Å². The monoisotopic (exact) mass is 485 g/mol. The maximum Gasteiger partial charge on any atom is 0.231 e. The molecule has 0 saturated carbocycles. The highest BCUT2D eigenvalue weighted by Gasteiger charge is 2.35. The average molecular weight is 486 g/mol. The third-order valence-electron chi connectivity index (χ3n) is 5.30. The van der Waals surface area contributed by atoms with Crippen molar-refractivity contribution >= 4 is 51.6 Å². The van der Waals surface area contributed by atoms with Crippen LogP contribution >= 0.6 is 23.1 Å². The van der Waals surface area contributed by atoms with Crippen LogP contribution in [0.2, 0.25) is 0 Å². The smallest absolute Gasteiger partial charge is 0.231 e. The lowest BCUT2D eigenvalue weighted by atomic mass is 10.1. The molecular weight excluding hydrogens is 462 g/mol. The Morgan fingerprint density at radius 3 is 2.85 bits per heavy atom. The van der Waals surface area contributed by atoms with Crippen LogP contribution in [0.15, 0.2) is 45.4 Å². The Balaban J connectivity index is 1.26. The van der Waals surface area contributed by atoms with Gasteiger partial charge in [0.2, 0.25) is 22.9 Å². The Morgan fingerprint density at radius 2 is 2.09 bits per heavy atom. The molecule has 0 bridgehead atoms. The normalized spacial score (nSPS) is 15.6. The summed E-state index contributed by atoms with van der Waals surface area (Å²) >= 11 is 2.43. The van der Waals surface area contributed by atoms with Crippen LogP contribution in [0.1, 0.15) is 23.3 Å². The Morgan fingerprint density at radius 1 is 1.24 bits per heavy atom. The number of carbonyl (C=O) groups excluding carboxylic acids is 3. The van der Waals surface area contributed by atoms with Gasteiger partial charge in [0.25, 0.3) is 0 Å². The lowest BCUT2D eigenvalue weighted by molar-refractivity contribution is -0.122. The van der Waals surface area contributed by atoms with Gasteiger partial charge in [0.1, 0.15) is 5.76 Å². The van der Waals surface area contributed by atoms with E-state index in [-0.39, 0.29) is 29.9 Å². The lowest BCUT2D eigenvalue weighted by Gasteiger charge is -2.17. The Hall–Kier alpha value is -3.18. The van der Waals surface area contributed by atoms with Crippen molar-refractivity contribution in [3.63, 3.8) is 0 Å². The maximum atomic E-state index is 12.7. The zero-order valence-corrected chi connectivity index (χ0v) is 19.8. The van der Waals surface area contributed by atoms with Crippen molar-refractivity contribution < 1.29 is 18.8 Å². The van der Waals surface area contributed by atoms with Crippen molar-refractivity contribution in [2.75, 3.05) is 22.5 Å². The fraction of sp³-hybridized carbons (Fsp3) is 0.318. The molecule has 0 unspecified atom stereocenters. The number of aryl methyl sites for hydroxylation is 2. The molecule has 2 N–H and O–H groups in total. The maximum absolute atomic E-state index is 12.7. The molecule has 1 saturated heterocycles. The molecule has 1 fully saturated rings. The van der Waals surface area contributed by atoms with Crippen LogP contribution < -0.4 is 15.5 Å². The number of carbonyl (C=O) groups is 3. The van der Waals surface area contributed by atoms with Crippen molar-refractivity contribution in [2.45, 2.75) is 31.2 Å². The second-order valence-corrected chi connectivity index (χ2v) is 9.88. The second-order valence-electron chi connectivity index (χ2n) is 7.68. The molecule has 1 aliphatic heterocycles. The third-order valence-corrected chi connectivity index (χ3v) is 7.27. The van der Waals surface area contributed by atoms with Gasteiger partial charge in [-0.2, -0.15) is 0 Å². The number of nitrogens with one attached hydrogen (secondary N) is 2. The van der Waals surface area contributed by atoms with Crippen LogP contribution in [0.5, 0.6) is 0 Å². The summed E-state index contributed by atoms with van der Waals surface area (Å²) in [5.41, 5.74) is 3.06. The number of hydrogen-bond acceptors (Lipinski definition) is 8. The molecule has 3 aromatic rings. The van der Waals surface area contributed by atoms with Crippen LogP contribution in [0.25, 0.3) is 0 Å². The summed E-state index contributed by atoms with van der Waals surface area (Å²) in [4.78, 5) is 38.8. The standard InChI is InChI=1S/C22H23N5O4S2/c1-13-5-6-16(8-14(13)2)27-11-15(9-19(27)29)20(30)24-21-25-26-22(33-21)32-12-18(28)23-10-17-4-3-7-31-17/h3-8,15H,9-12H2,1-2H3,(H,23,28)(H,24,25,30)/t15-/m0/s1. The number of aromatic nitrogens is 2. The van der Waals surface area contributed by atoms with Crippen LogP contribution in [-0.2, 0) is 20.9 Å². The molecule has 3 heterocycles. The van der Waals surface area contributed by atoms with Gasteiger partial charge in [-0.15, -0.1) is 10.2 Å². The van der Waals surface area contributed by atoms with Crippen LogP contribution in [0.3, 0.4) is 0 Å². The molecule has 1 atom stereocenters. The highest BCUT2D eigenvalue weighted by Crippen LogP contribution is 2.29. The number of anilines is 2. The molecule has 9 nitrogen and oxygen atoms in total. The SMILES string of the molecule is Cc1ccc(N2C[C@@H](C(=O)Nc3nnc(SCC(=O)NCc4ccco4)s3)CC2=O)cc1C. The van der Waals surface area contributed by atoms with Gasteiger partial charge in [-0.05, 0) is 49.2 Å². The highest BCUT2D eigenvalue weighted by molar-refractivity contribution is 8.01. The first-order chi connectivity index (χ1) is 15.9. The van der Waals surface area contributed by atoms with E-state index in [1.807, 2.05) is 32.0 Å². The number of hydrogen-bond donors (Lipinski definition) is 2. The lowest BCUT2D eigenvalue weighted by Crippen LogP contribution is -2.28. The third kappa shape index (κ3) is 5.79. The van der Waals surface area contributed by atoms with Crippen molar-refractivity contribution in [1.82, 2.24) is 15.5 Å². The van der Waals surface area contributed by atoms with Crippen molar-refractivity contribution in [1.29, 1.82) is 0 Å². The van der Waals surface area contributed by atoms with E-state index < -0.39 is 5.92 Å². The topological polar surface area (TPSA) is 117 Å². The molecular formula is C22H23N5O4S2. The molecule has 4 rings (SSSR count). The van der Waals surface area contributed by atoms with Gasteiger partial charge >= 0.3 is 0 Å². The minimum absolute atomic E-state index is 0.0764. The summed E-state index contributed by atoms with van der Waals surface area (Å²) in [5, 5.41) is 13.8. The van der Waals surface area contributed by atoms with Crippen LogP contribution in [-0.4, -0.2) is 40.2 Å². The number of amides is 3. The van der Waals surface area contributed by atoms with Gasteiger partial charge in [0, 0.05) is 18.7 Å². The molecule has 172 valence electrons. The van der Waals surface area contributed by atoms with E-state index in [1.54, 1.807) is 23.3 Å². The zero-order valence-electron chi connectivity index (χ0n) is 18.2. The zero-order chi connectivity index (χ0) is 23.4. The van der Waals surface area contributed by atoms with Gasteiger partial charge < -0.3 is 20.0 Å². The molecule has 1 aliphatic rings. The number of nitrogens with zero attached hydrogens (tertiary/aromatic N) is 3. The first-order valence-corrected chi connectivity index (χ1v) is 12.1. The molecule has 11 heteroatoms. The van der Waals surface area contributed by atoms with E-state index in [2.05, 4.69) is 20.8 Å². The quantitative estimate of drug-likeness (QED) is 0.372. The first-order valence-electron chi connectivity index (χ1n) is 10.3. The highest BCUT2D eigenvalue weighted by atomic mass is 32.2. The van der Waals surface area contributed by atoms with Gasteiger partial charge in [-0.1, -0.05) is 29.2 Å². The van der Waals surface area contributed by atoms with Crippen molar-refractivity contribution in [3.05, 3.63) is 53.5 Å². The molecule has 1 aromatic carbocycles. The first kappa shape index (κ1) is 23.0. The molecule has 0 aliphatic carbocycles. The predicted octanol–water partition coefficient (Wildman–Crippen LogP) is 3.15. The van der Waals surface area contributed by atoms with Crippen molar-refractivity contribution in [2.24, 2.45) is 5.92 Å². The van der Waals surface area contributed by atoms with Gasteiger partial charge in [-0.3, -0.25) is 14.4 Å². The summed E-state index contributed by atoms with van der Waals surface area (Å²) in [7, 11) is 0. The minimum atomic E-state index is -0.466. The average Bonchev–Trinajstić information content (AvgIpc) is 3.54. The molecule has 0 spiro atoms. The Kier molecular flexibility index (Phi) is 7.09. The van der Waals surface area contributed by atoms with E-state index in [9.17, 15) is 14.4 Å². The largest absolute Gasteiger partial charge is 0.467 e. The fourth-order valence-electron chi connectivity index (χ4n) is 3.33. The molecule has 0 radical (unpaired) electrons. The van der Waals surface area contributed by atoms with Gasteiger partial charge in [0.05, 0.1) is 24.5 Å². The summed E-state index contributed by atoms with van der Waals surface area (Å²) in [5.74, 6) is -0.118. The van der Waals surface area contributed by atoms with E-state index in [4.69, 9.17) is 4.42 Å². The molecule has 3 amide bonds. The number of benzene rings is 1. The van der Waals surface area contributed by atoms with Crippen molar-refractivity contribution in [3.8, 4) is 0 Å². The second kappa shape index (κ2) is 10.2. The Bertz CT molecular complexity index is 1160.